The minimum Gasteiger partial charge on any atom is -0.337 e. The molecule has 0 spiro atoms. The monoisotopic (exact) mass is 248 g/mol. The molecule has 18 heavy (non-hydrogen) atoms. The van der Waals surface area contributed by atoms with Gasteiger partial charge < -0.3 is 9.47 Å². The summed E-state index contributed by atoms with van der Waals surface area (Å²) in [4.78, 5) is 21.1. The molecule has 0 radical (unpaired) electrons. The van der Waals surface area contributed by atoms with Gasteiger partial charge in [-0.1, -0.05) is 0 Å². The molecule has 0 aliphatic carbocycles. The van der Waals surface area contributed by atoms with Gasteiger partial charge in [0.2, 0.25) is 5.95 Å². The molecule has 0 bridgehead atoms. The lowest BCUT2D eigenvalue weighted by Gasteiger charge is -2.16. The van der Waals surface area contributed by atoms with Crippen molar-refractivity contribution in [2.24, 2.45) is 7.05 Å². The quantitative estimate of drug-likeness (QED) is 0.767. The number of nitrogens with zero attached hydrogens (tertiary/aromatic N) is 4. The highest BCUT2D eigenvalue weighted by Crippen LogP contribution is 2.06. The zero-order valence-electron chi connectivity index (χ0n) is 10.2. The number of pyridine rings is 1. The third kappa shape index (κ3) is 2.53. The number of imidazole rings is 1. The van der Waals surface area contributed by atoms with Gasteiger partial charge in [0.1, 0.15) is 5.82 Å². The van der Waals surface area contributed by atoms with Crippen molar-refractivity contribution >= 4 is 5.91 Å². The first kappa shape index (κ1) is 12.2. The topological polar surface area (TPSA) is 51.0 Å². The largest absolute Gasteiger partial charge is 0.337 e. The molecule has 2 rings (SSSR count). The van der Waals surface area contributed by atoms with E-state index in [1.807, 2.05) is 17.8 Å². The van der Waals surface area contributed by atoms with Crippen LogP contribution < -0.4 is 0 Å². The van der Waals surface area contributed by atoms with Crippen LogP contribution in [0, 0.1) is 5.95 Å². The molecule has 0 saturated carbocycles. The molecule has 5 nitrogen and oxygen atoms in total. The number of carbonyl (C=O) groups is 1. The lowest BCUT2D eigenvalue weighted by molar-refractivity contribution is 0.0780. The minimum absolute atomic E-state index is 0.217. The van der Waals surface area contributed by atoms with Crippen molar-refractivity contribution in [3.8, 4) is 0 Å². The Kier molecular flexibility index (Phi) is 3.36. The van der Waals surface area contributed by atoms with Crippen molar-refractivity contribution in [2.75, 3.05) is 7.05 Å². The number of rotatable bonds is 3. The Hall–Kier alpha value is -2.24. The van der Waals surface area contributed by atoms with Crippen LogP contribution in [-0.2, 0) is 13.6 Å². The van der Waals surface area contributed by atoms with Crippen LogP contribution in [0.15, 0.2) is 30.7 Å². The Morgan fingerprint density at radius 2 is 2.22 bits per heavy atom. The van der Waals surface area contributed by atoms with Crippen molar-refractivity contribution < 1.29 is 9.18 Å². The zero-order chi connectivity index (χ0) is 13.1. The van der Waals surface area contributed by atoms with E-state index in [4.69, 9.17) is 0 Å². The fourth-order valence-corrected chi connectivity index (χ4v) is 1.56. The van der Waals surface area contributed by atoms with Crippen LogP contribution in [0.1, 0.15) is 16.2 Å². The predicted octanol–water partition coefficient (Wildman–Crippen LogP) is 1.23. The molecule has 94 valence electrons. The molecule has 0 atom stereocenters. The van der Waals surface area contributed by atoms with Crippen molar-refractivity contribution in [3.05, 3.63) is 48.1 Å². The number of halogens is 1. The summed E-state index contributed by atoms with van der Waals surface area (Å²) < 4.78 is 14.5. The van der Waals surface area contributed by atoms with E-state index in [9.17, 15) is 9.18 Å². The first-order valence-corrected chi connectivity index (χ1v) is 5.41. The number of aryl methyl sites for hydroxylation is 1. The maximum atomic E-state index is 12.7. The molecule has 0 aliphatic heterocycles. The van der Waals surface area contributed by atoms with Crippen molar-refractivity contribution in [1.82, 2.24) is 19.4 Å². The smallest absolute Gasteiger partial charge is 0.255 e. The number of aromatic nitrogens is 3. The van der Waals surface area contributed by atoms with Gasteiger partial charge in [-0.05, 0) is 12.1 Å². The molecule has 2 aromatic heterocycles. The molecule has 6 heteroatoms. The first-order valence-electron chi connectivity index (χ1n) is 5.41. The van der Waals surface area contributed by atoms with Gasteiger partial charge in [-0.3, -0.25) is 4.79 Å². The molecule has 0 aliphatic rings. The maximum Gasteiger partial charge on any atom is 0.255 e. The molecule has 2 heterocycles. The standard InChI is InChI=1S/C12H13FN4O/c1-16-6-5-14-11(16)8-17(2)12(18)9-3-4-10(13)15-7-9/h3-7H,8H2,1-2H3. The average molecular weight is 248 g/mol. The fraction of sp³-hybridized carbons (Fsp3) is 0.250. The lowest BCUT2D eigenvalue weighted by Crippen LogP contribution is -2.27. The number of amides is 1. The van der Waals surface area contributed by atoms with Gasteiger partial charge in [0.05, 0.1) is 12.1 Å². The predicted molar refractivity (Wildman–Crippen MR) is 63.2 cm³/mol. The molecule has 2 aromatic rings. The van der Waals surface area contributed by atoms with Gasteiger partial charge in [-0.15, -0.1) is 0 Å². The van der Waals surface area contributed by atoms with Crippen molar-refractivity contribution in [1.29, 1.82) is 0 Å². The molecule has 0 unspecified atom stereocenters. The summed E-state index contributed by atoms with van der Waals surface area (Å²) in [7, 11) is 3.53. The van der Waals surface area contributed by atoms with Gasteiger partial charge in [-0.2, -0.15) is 4.39 Å². The van der Waals surface area contributed by atoms with Gasteiger partial charge in [-0.25, -0.2) is 9.97 Å². The van der Waals surface area contributed by atoms with E-state index in [0.29, 0.717) is 12.1 Å². The van der Waals surface area contributed by atoms with Crippen LogP contribution in [0.25, 0.3) is 0 Å². The average Bonchev–Trinajstić information content (AvgIpc) is 2.75. The molecular weight excluding hydrogens is 235 g/mol. The van der Waals surface area contributed by atoms with Gasteiger partial charge in [0.15, 0.2) is 0 Å². The van der Waals surface area contributed by atoms with E-state index < -0.39 is 5.95 Å². The number of hydrogen-bond donors (Lipinski definition) is 0. The Bertz CT molecular complexity index is 549. The number of hydrogen-bond acceptors (Lipinski definition) is 3. The lowest BCUT2D eigenvalue weighted by atomic mass is 10.2. The van der Waals surface area contributed by atoms with Gasteiger partial charge >= 0.3 is 0 Å². The number of carbonyl (C=O) groups excluding carboxylic acids is 1. The van der Waals surface area contributed by atoms with Crippen molar-refractivity contribution in [3.63, 3.8) is 0 Å². The molecule has 1 amide bonds. The van der Waals surface area contributed by atoms with Crippen LogP contribution in [-0.4, -0.2) is 32.4 Å². The summed E-state index contributed by atoms with van der Waals surface area (Å²) in [6.07, 6.45) is 4.72. The third-order valence-electron chi connectivity index (χ3n) is 2.62. The Morgan fingerprint density at radius 3 is 2.78 bits per heavy atom. The fourth-order valence-electron chi connectivity index (χ4n) is 1.56. The van der Waals surface area contributed by atoms with Crippen LogP contribution in [0.4, 0.5) is 4.39 Å². The van der Waals surface area contributed by atoms with E-state index in [0.717, 1.165) is 5.82 Å². The summed E-state index contributed by atoms with van der Waals surface area (Å²) in [6.45, 7) is 0.389. The molecule has 0 N–H and O–H groups in total. The Labute approximate surface area is 104 Å². The van der Waals surface area contributed by atoms with E-state index in [1.54, 1.807) is 13.2 Å². The SMILES string of the molecule is CN(Cc1nccn1C)C(=O)c1ccc(F)nc1. The summed E-state index contributed by atoms with van der Waals surface area (Å²) in [5.74, 6) is -0.0373. The second-order valence-corrected chi connectivity index (χ2v) is 3.99. The third-order valence-corrected chi connectivity index (χ3v) is 2.62. The van der Waals surface area contributed by atoms with Gasteiger partial charge in [0, 0.05) is 32.7 Å². The summed E-state index contributed by atoms with van der Waals surface area (Å²) in [5, 5.41) is 0. The summed E-state index contributed by atoms with van der Waals surface area (Å²) >= 11 is 0. The molecular formula is C12H13FN4O. The molecule has 0 saturated heterocycles. The van der Waals surface area contributed by atoms with Crippen LogP contribution in [0.2, 0.25) is 0 Å². The second kappa shape index (κ2) is 4.95. The molecule has 0 aromatic carbocycles. The normalized spacial score (nSPS) is 10.4. The van der Waals surface area contributed by atoms with Crippen LogP contribution in [0.3, 0.4) is 0 Å². The summed E-state index contributed by atoms with van der Waals surface area (Å²) in [6, 6.07) is 2.58. The highest BCUT2D eigenvalue weighted by atomic mass is 19.1. The highest BCUT2D eigenvalue weighted by molar-refractivity contribution is 5.93. The van der Waals surface area contributed by atoms with E-state index in [1.165, 1.54) is 23.2 Å². The first-order chi connectivity index (χ1) is 8.58. The Balaban J connectivity index is 2.09. The maximum absolute atomic E-state index is 12.7. The van der Waals surface area contributed by atoms with Gasteiger partial charge in [0.25, 0.3) is 5.91 Å². The van der Waals surface area contributed by atoms with Crippen LogP contribution >= 0.6 is 0 Å². The summed E-state index contributed by atoms with van der Waals surface area (Å²) in [5.41, 5.74) is 0.355. The highest BCUT2D eigenvalue weighted by Gasteiger charge is 2.14. The Morgan fingerprint density at radius 1 is 1.44 bits per heavy atom. The van der Waals surface area contributed by atoms with E-state index in [2.05, 4.69) is 9.97 Å². The van der Waals surface area contributed by atoms with Crippen LogP contribution in [0.5, 0.6) is 0 Å². The van der Waals surface area contributed by atoms with E-state index in [-0.39, 0.29) is 5.91 Å². The minimum atomic E-state index is -0.599. The second-order valence-electron chi connectivity index (χ2n) is 3.99. The molecule has 0 fully saturated rings. The zero-order valence-corrected chi connectivity index (χ0v) is 10.2. The van der Waals surface area contributed by atoms with Crippen molar-refractivity contribution in [2.45, 2.75) is 6.54 Å². The van der Waals surface area contributed by atoms with E-state index >= 15 is 0 Å².